The zero-order chi connectivity index (χ0) is 31.6. The van der Waals surface area contributed by atoms with Crippen molar-refractivity contribution in [2.75, 3.05) is 6.61 Å². The Morgan fingerprint density at radius 3 is 2.07 bits per heavy atom. The van der Waals surface area contributed by atoms with Crippen molar-refractivity contribution in [2.45, 2.75) is 19.9 Å². The molecule has 0 spiro atoms. The first-order valence-electron chi connectivity index (χ1n) is 15.2. The quantitative estimate of drug-likeness (QED) is 0.182. The van der Waals surface area contributed by atoms with E-state index in [2.05, 4.69) is 47.0 Å². The van der Waals surface area contributed by atoms with Crippen LogP contribution in [0.4, 0.5) is 0 Å². The number of thiazole rings is 1. The van der Waals surface area contributed by atoms with Crippen LogP contribution >= 0.6 is 11.3 Å². The van der Waals surface area contributed by atoms with Crippen LogP contribution in [0.25, 0.3) is 34.3 Å². The van der Waals surface area contributed by atoms with Gasteiger partial charge in [0.1, 0.15) is 0 Å². The summed E-state index contributed by atoms with van der Waals surface area (Å²) in [5.41, 5.74) is 7.51. The van der Waals surface area contributed by atoms with Gasteiger partial charge in [0, 0.05) is 11.3 Å². The molecule has 7 heteroatoms. The van der Waals surface area contributed by atoms with Gasteiger partial charge in [0.2, 0.25) is 0 Å². The molecule has 2 aromatic heterocycles. The minimum absolute atomic E-state index is 0.209. The molecule has 1 atom stereocenters. The van der Waals surface area contributed by atoms with E-state index in [0.717, 1.165) is 39.3 Å². The molecule has 1 aliphatic rings. The number of benzene rings is 4. The van der Waals surface area contributed by atoms with E-state index in [0.29, 0.717) is 20.6 Å². The molecular formula is C39H31N3O3S. The van der Waals surface area contributed by atoms with Crippen LogP contribution in [-0.4, -0.2) is 21.7 Å². The zero-order valence-electron chi connectivity index (χ0n) is 25.5. The maximum Gasteiger partial charge on any atom is 0.338 e. The van der Waals surface area contributed by atoms with E-state index in [-0.39, 0.29) is 12.2 Å². The Hall–Kier alpha value is -5.53. The maximum absolute atomic E-state index is 14.4. The molecule has 0 aliphatic carbocycles. The normalized spacial score (nSPS) is 14.6. The average Bonchev–Trinajstić information content (AvgIpc) is 3.62. The summed E-state index contributed by atoms with van der Waals surface area (Å²) < 4.78 is 9.87. The molecule has 1 aliphatic heterocycles. The van der Waals surface area contributed by atoms with Gasteiger partial charge in [-0.25, -0.2) is 9.79 Å². The van der Waals surface area contributed by atoms with E-state index in [1.807, 2.05) is 91.0 Å². The van der Waals surface area contributed by atoms with Crippen LogP contribution in [-0.2, 0) is 9.53 Å². The van der Waals surface area contributed by atoms with Gasteiger partial charge in [-0.15, -0.1) is 0 Å². The molecule has 46 heavy (non-hydrogen) atoms. The van der Waals surface area contributed by atoms with Gasteiger partial charge >= 0.3 is 5.97 Å². The van der Waals surface area contributed by atoms with E-state index in [1.165, 1.54) is 11.3 Å². The Kier molecular flexibility index (Phi) is 7.91. The molecule has 0 radical (unpaired) electrons. The summed E-state index contributed by atoms with van der Waals surface area (Å²) in [5.74, 6) is -0.467. The lowest BCUT2D eigenvalue weighted by atomic mass is 9.96. The molecule has 3 heterocycles. The number of fused-ring (bicyclic) bond motifs is 1. The Bertz CT molecular complexity index is 2250. The summed E-state index contributed by atoms with van der Waals surface area (Å²) in [6.45, 7) is 3.81. The number of hydrogen-bond donors (Lipinski definition) is 0. The van der Waals surface area contributed by atoms with Crippen molar-refractivity contribution in [1.29, 1.82) is 0 Å². The van der Waals surface area contributed by atoms with Crippen molar-refractivity contribution in [1.82, 2.24) is 9.13 Å². The molecule has 226 valence electrons. The van der Waals surface area contributed by atoms with Gasteiger partial charge < -0.3 is 9.30 Å². The van der Waals surface area contributed by atoms with Gasteiger partial charge in [-0.05, 0) is 54.8 Å². The third-order valence-corrected chi connectivity index (χ3v) is 9.06. The Labute approximate surface area is 270 Å². The summed E-state index contributed by atoms with van der Waals surface area (Å²) in [5, 5.41) is 0. The van der Waals surface area contributed by atoms with Crippen molar-refractivity contribution in [2.24, 2.45) is 4.99 Å². The fraction of sp³-hybridized carbons (Fsp3) is 0.103. The number of allylic oxidation sites excluding steroid dienone is 1. The minimum Gasteiger partial charge on any atom is -0.463 e. The first-order valence-corrected chi connectivity index (χ1v) is 16.0. The predicted octanol–water partition coefficient (Wildman–Crippen LogP) is 6.92. The van der Waals surface area contributed by atoms with E-state index < -0.39 is 12.0 Å². The van der Waals surface area contributed by atoms with Crippen LogP contribution in [0.5, 0.6) is 0 Å². The Balaban J connectivity index is 1.51. The first kappa shape index (κ1) is 29.2. The number of ether oxygens (including phenoxy) is 1. The van der Waals surface area contributed by atoms with Crippen molar-refractivity contribution in [3.05, 3.63) is 169 Å². The van der Waals surface area contributed by atoms with Gasteiger partial charge in [0.05, 0.1) is 39.8 Å². The smallest absolute Gasteiger partial charge is 0.338 e. The second kappa shape index (κ2) is 12.5. The lowest BCUT2D eigenvalue weighted by Gasteiger charge is -2.24. The monoisotopic (exact) mass is 621 g/mol. The number of para-hydroxylation sites is 1. The fourth-order valence-corrected chi connectivity index (χ4v) is 7.12. The van der Waals surface area contributed by atoms with Crippen molar-refractivity contribution < 1.29 is 9.53 Å². The molecule has 0 N–H and O–H groups in total. The highest BCUT2D eigenvalue weighted by Crippen LogP contribution is 2.36. The molecule has 0 unspecified atom stereocenters. The van der Waals surface area contributed by atoms with Crippen LogP contribution in [0.2, 0.25) is 0 Å². The maximum atomic E-state index is 14.4. The first-order chi connectivity index (χ1) is 22.5. The molecule has 0 bridgehead atoms. The summed E-state index contributed by atoms with van der Waals surface area (Å²) >= 11 is 1.33. The van der Waals surface area contributed by atoms with Crippen molar-refractivity contribution in [3.8, 4) is 28.2 Å². The molecule has 0 saturated carbocycles. The van der Waals surface area contributed by atoms with Crippen LogP contribution in [0.3, 0.4) is 0 Å². The Morgan fingerprint density at radius 1 is 0.848 bits per heavy atom. The molecule has 6 nitrogen and oxygen atoms in total. The number of rotatable bonds is 7. The van der Waals surface area contributed by atoms with Gasteiger partial charge in [-0.2, -0.15) is 0 Å². The van der Waals surface area contributed by atoms with Gasteiger partial charge in [0.25, 0.3) is 5.56 Å². The fourth-order valence-electron chi connectivity index (χ4n) is 6.08. The van der Waals surface area contributed by atoms with Crippen LogP contribution in [0, 0.1) is 0 Å². The number of nitrogens with zero attached hydrogens (tertiary/aromatic N) is 3. The summed E-state index contributed by atoms with van der Waals surface area (Å²) in [6, 6.07) is 41.8. The van der Waals surface area contributed by atoms with E-state index in [1.54, 1.807) is 18.4 Å². The summed E-state index contributed by atoms with van der Waals surface area (Å²) in [7, 11) is 0. The SMILES string of the molecule is CCOC(=O)C1=C(C)N=c2s/c(=C\c3cc(-c4ccccc4)n(-c4ccccc4)c3-c3ccccc3)c(=O)n2[C@H]1c1ccccc1. The lowest BCUT2D eigenvalue weighted by Crippen LogP contribution is -2.39. The third-order valence-electron chi connectivity index (χ3n) is 8.08. The zero-order valence-corrected chi connectivity index (χ0v) is 26.3. The van der Waals surface area contributed by atoms with Crippen LogP contribution < -0.4 is 14.9 Å². The van der Waals surface area contributed by atoms with Gasteiger partial charge in [-0.1, -0.05) is 121 Å². The summed E-state index contributed by atoms with van der Waals surface area (Å²) in [6.07, 6.45) is 1.96. The van der Waals surface area contributed by atoms with Gasteiger partial charge in [0.15, 0.2) is 4.80 Å². The molecule has 0 amide bonds. The average molecular weight is 622 g/mol. The summed E-state index contributed by atoms with van der Waals surface area (Å²) in [4.78, 5) is 33.0. The highest BCUT2D eigenvalue weighted by atomic mass is 32.1. The molecule has 7 rings (SSSR count). The van der Waals surface area contributed by atoms with E-state index >= 15 is 0 Å². The van der Waals surface area contributed by atoms with Crippen LogP contribution in [0.15, 0.2) is 148 Å². The molecule has 0 fully saturated rings. The Morgan fingerprint density at radius 2 is 1.43 bits per heavy atom. The second-order valence-corrected chi connectivity index (χ2v) is 12.0. The molecule has 6 aromatic rings. The van der Waals surface area contributed by atoms with E-state index in [9.17, 15) is 9.59 Å². The molecule has 0 saturated heterocycles. The topological polar surface area (TPSA) is 65.6 Å². The highest BCUT2D eigenvalue weighted by Gasteiger charge is 2.33. The standard InChI is InChI=1S/C39H31N3O3S/c1-3-45-38(44)34-26(2)40-39-42(36(34)29-20-12-6-13-21-29)37(43)33(46-39)25-30-24-32(27-16-8-4-9-17-27)41(31-22-14-7-15-23-31)35(30)28-18-10-5-11-19-28/h4-25,36H,3H2,1-2H3/b33-25-/t36-/m0/s1. The number of hydrogen-bond acceptors (Lipinski definition) is 5. The number of carbonyl (C=O) groups excluding carboxylic acids is 1. The van der Waals surface area contributed by atoms with Crippen molar-refractivity contribution in [3.63, 3.8) is 0 Å². The lowest BCUT2D eigenvalue weighted by molar-refractivity contribution is -0.139. The van der Waals surface area contributed by atoms with Crippen molar-refractivity contribution >= 4 is 23.4 Å². The molecular weight excluding hydrogens is 591 g/mol. The largest absolute Gasteiger partial charge is 0.463 e. The number of carbonyl (C=O) groups is 1. The highest BCUT2D eigenvalue weighted by molar-refractivity contribution is 7.07. The minimum atomic E-state index is -0.652. The second-order valence-electron chi connectivity index (χ2n) is 10.9. The number of esters is 1. The van der Waals surface area contributed by atoms with Crippen LogP contribution in [0.1, 0.15) is 31.0 Å². The van der Waals surface area contributed by atoms with E-state index in [4.69, 9.17) is 9.73 Å². The third kappa shape index (κ3) is 5.25. The predicted molar refractivity (Wildman–Crippen MR) is 183 cm³/mol. The number of aromatic nitrogens is 2. The van der Waals surface area contributed by atoms with Gasteiger partial charge in [-0.3, -0.25) is 9.36 Å². The molecule has 4 aromatic carbocycles.